The Kier molecular flexibility index (Phi) is 4.55. The van der Waals surface area contributed by atoms with E-state index in [2.05, 4.69) is 10.3 Å². The van der Waals surface area contributed by atoms with Crippen LogP contribution in [0.4, 0.5) is 11.5 Å². The molecule has 5 nitrogen and oxygen atoms in total. The van der Waals surface area contributed by atoms with Crippen molar-refractivity contribution in [2.75, 3.05) is 18.2 Å². The minimum atomic E-state index is -0.296. The first-order chi connectivity index (χ1) is 9.58. The van der Waals surface area contributed by atoms with Crippen LogP contribution in [0.2, 0.25) is 5.15 Å². The SMILES string of the molecule is COCc1cccc(NC(=O)c2cc(N)nc(Cl)c2)c1. The van der Waals surface area contributed by atoms with Crippen molar-refractivity contribution in [1.82, 2.24) is 4.98 Å². The summed E-state index contributed by atoms with van der Waals surface area (Å²) < 4.78 is 5.05. The number of amides is 1. The van der Waals surface area contributed by atoms with E-state index in [0.29, 0.717) is 17.9 Å². The van der Waals surface area contributed by atoms with Crippen molar-refractivity contribution < 1.29 is 9.53 Å². The largest absolute Gasteiger partial charge is 0.384 e. The van der Waals surface area contributed by atoms with E-state index in [1.165, 1.54) is 12.1 Å². The maximum Gasteiger partial charge on any atom is 0.255 e. The monoisotopic (exact) mass is 291 g/mol. The number of nitrogens with two attached hydrogens (primary N) is 1. The molecule has 2 rings (SSSR count). The van der Waals surface area contributed by atoms with Gasteiger partial charge in [0.2, 0.25) is 0 Å². The van der Waals surface area contributed by atoms with Crippen molar-refractivity contribution in [1.29, 1.82) is 0 Å². The summed E-state index contributed by atoms with van der Waals surface area (Å²) in [5.41, 5.74) is 7.57. The zero-order valence-electron chi connectivity index (χ0n) is 10.9. The number of hydrogen-bond donors (Lipinski definition) is 2. The molecule has 1 heterocycles. The van der Waals surface area contributed by atoms with Crippen LogP contribution in [0, 0.1) is 0 Å². The number of aromatic nitrogens is 1. The number of methoxy groups -OCH3 is 1. The van der Waals surface area contributed by atoms with E-state index in [1.807, 2.05) is 18.2 Å². The summed E-state index contributed by atoms with van der Waals surface area (Å²) in [7, 11) is 1.62. The van der Waals surface area contributed by atoms with Crippen LogP contribution in [0.15, 0.2) is 36.4 Å². The second-order valence-electron chi connectivity index (χ2n) is 4.19. The third-order valence-electron chi connectivity index (χ3n) is 2.57. The molecule has 0 saturated carbocycles. The first kappa shape index (κ1) is 14.3. The lowest BCUT2D eigenvalue weighted by Gasteiger charge is -2.08. The summed E-state index contributed by atoms with van der Waals surface area (Å²) in [5, 5.41) is 2.96. The first-order valence-corrected chi connectivity index (χ1v) is 6.28. The zero-order valence-corrected chi connectivity index (χ0v) is 11.6. The molecule has 3 N–H and O–H groups in total. The summed E-state index contributed by atoms with van der Waals surface area (Å²) in [5.74, 6) is -0.0913. The third-order valence-corrected chi connectivity index (χ3v) is 2.77. The van der Waals surface area contributed by atoms with E-state index in [-0.39, 0.29) is 16.9 Å². The highest BCUT2D eigenvalue weighted by Crippen LogP contribution is 2.16. The van der Waals surface area contributed by atoms with Crippen LogP contribution >= 0.6 is 11.6 Å². The number of hydrogen-bond acceptors (Lipinski definition) is 4. The summed E-state index contributed by atoms with van der Waals surface area (Å²) in [6, 6.07) is 10.3. The van der Waals surface area contributed by atoms with E-state index in [4.69, 9.17) is 22.1 Å². The number of pyridine rings is 1. The number of ether oxygens (including phenoxy) is 1. The van der Waals surface area contributed by atoms with Crippen molar-refractivity contribution in [3.05, 3.63) is 52.7 Å². The number of rotatable bonds is 4. The van der Waals surface area contributed by atoms with E-state index in [9.17, 15) is 4.79 Å². The van der Waals surface area contributed by atoms with Crippen molar-refractivity contribution in [2.45, 2.75) is 6.61 Å². The van der Waals surface area contributed by atoms with E-state index < -0.39 is 0 Å². The Bertz CT molecular complexity index is 611. The van der Waals surface area contributed by atoms with Crippen LogP contribution in [-0.2, 0) is 11.3 Å². The van der Waals surface area contributed by atoms with E-state index in [1.54, 1.807) is 13.2 Å². The maximum absolute atomic E-state index is 12.1. The standard InChI is InChI=1S/C14H14ClN3O2/c1-20-8-9-3-2-4-11(5-9)17-14(19)10-6-12(15)18-13(16)7-10/h2-7H,8H2,1H3,(H2,16,18)(H,17,19). The van der Waals surface area contributed by atoms with Gasteiger partial charge >= 0.3 is 0 Å². The molecule has 0 bridgehead atoms. The zero-order chi connectivity index (χ0) is 14.5. The van der Waals surface area contributed by atoms with Crippen molar-refractivity contribution >= 4 is 29.0 Å². The number of anilines is 2. The molecule has 0 aliphatic rings. The number of carbonyl (C=O) groups is 1. The second-order valence-corrected chi connectivity index (χ2v) is 4.58. The average Bonchev–Trinajstić information content (AvgIpc) is 2.38. The highest BCUT2D eigenvalue weighted by Gasteiger charge is 2.09. The molecular formula is C14H14ClN3O2. The van der Waals surface area contributed by atoms with Crippen LogP contribution < -0.4 is 11.1 Å². The minimum absolute atomic E-state index is 0.184. The van der Waals surface area contributed by atoms with Gasteiger partial charge in [0.05, 0.1) is 6.61 Å². The minimum Gasteiger partial charge on any atom is -0.384 e. The number of nitrogen functional groups attached to an aromatic ring is 1. The summed E-state index contributed by atoms with van der Waals surface area (Å²) in [6.07, 6.45) is 0. The lowest BCUT2D eigenvalue weighted by molar-refractivity contribution is 0.102. The predicted octanol–water partition coefficient (Wildman–Crippen LogP) is 2.72. The van der Waals surface area contributed by atoms with E-state index in [0.717, 1.165) is 5.56 Å². The van der Waals surface area contributed by atoms with E-state index >= 15 is 0 Å². The van der Waals surface area contributed by atoms with Gasteiger partial charge in [0.1, 0.15) is 11.0 Å². The molecular weight excluding hydrogens is 278 g/mol. The van der Waals surface area contributed by atoms with Gasteiger partial charge in [0, 0.05) is 18.4 Å². The van der Waals surface area contributed by atoms with Crippen molar-refractivity contribution in [3.8, 4) is 0 Å². The predicted molar refractivity (Wildman–Crippen MR) is 78.8 cm³/mol. The van der Waals surface area contributed by atoms with Gasteiger partial charge in [0.25, 0.3) is 5.91 Å². The molecule has 20 heavy (non-hydrogen) atoms. The van der Waals surface area contributed by atoms with Gasteiger partial charge in [-0.05, 0) is 29.8 Å². The first-order valence-electron chi connectivity index (χ1n) is 5.91. The number of halogens is 1. The fourth-order valence-electron chi connectivity index (χ4n) is 1.76. The number of nitrogens with zero attached hydrogens (tertiary/aromatic N) is 1. The van der Waals surface area contributed by atoms with Crippen LogP contribution in [-0.4, -0.2) is 18.0 Å². The molecule has 0 fully saturated rings. The molecule has 104 valence electrons. The summed E-state index contributed by atoms with van der Waals surface area (Å²) in [4.78, 5) is 15.9. The molecule has 1 aromatic carbocycles. The van der Waals surface area contributed by atoms with Crippen LogP contribution in [0.1, 0.15) is 15.9 Å². The Morgan fingerprint density at radius 3 is 2.90 bits per heavy atom. The Morgan fingerprint density at radius 2 is 2.20 bits per heavy atom. The lowest BCUT2D eigenvalue weighted by Crippen LogP contribution is -2.13. The molecule has 1 amide bonds. The molecule has 1 aromatic heterocycles. The average molecular weight is 292 g/mol. The normalized spacial score (nSPS) is 10.3. The van der Waals surface area contributed by atoms with Gasteiger partial charge in [-0.15, -0.1) is 0 Å². The number of carbonyl (C=O) groups excluding carboxylic acids is 1. The van der Waals surface area contributed by atoms with Crippen LogP contribution in [0.3, 0.4) is 0 Å². The fraction of sp³-hybridized carbons (Fsp3) is 0.143. The van der Waals surface area contributed by atoms with Gasteiger partial charge < -0.3 is 15.8 Å². The third kappa shape index (κ3) is 3.69. The molecule has 0 radical (unpaired) electrons. The smallest absolute Gasteiger partial charge is 0.255 e. The Labute approximate surface area is 121 Å². The van der Waals surface area contributed by atoms with Gasteiger partial charge in [-0.2, -0.15) is 0 Å². The Morgan fingerprint density at radius 1 is 1.40 bits per heavy atom. The van der Waals surface area contributed by atoms with Crippen molar-refractivity contribution in [3.63, 3.8) is 0 Å². The van der Waals surface area contributed by atoms with Crippen molar-refractivity contribution in [2.24, 2.45) is 0 Å². The number of nitrogens with one attached hydrogen (secondary N) is 1. The summed E-state index contributed by atoms with van der Waals surface area (Å²) >= 11 is 5.78. The maximum atomic E-state index is 12.1. The van der Waals surface area contributed by atoms with Crippen LogP contribution in [0.25, 0.3) is 0 Å². The lowest BCUT2D eigenvalue weighted by atomic mass is 10.2. The fourth-order valence-corrected chi connectivity index (χ4v) is 1.97. The summed E-state index contributed by atoms with van der Waals surface area (Å²) in [6.45, 7) is 0.484. The molecule has 6 heteroatoms. The van der Waals surface area contributed by atoms with Gasteiger partial charge in [-0.3, -0.25) is 4.79 Å². The Balaban J connectivity index is 2.16. The van der Waals surface area contributed by atoms with Crippen LogP contribution in [0.5, 0.6) is 0 Å². The molecule has 0 unspecified atom stereocenters. The highest BCUT2D eigenvalue weighted by molar-refractivity contribution is 6.30. The molecule has 0 aliphatic carbocycles. The highest BCUT2D eigenvalue weighted by atomic mass is 35.5. The van der Waals surface area contributed by atoms with Gasteiger partial charge in [-0.1, -0.05) is 23.7 Å². The quantitative estimate of drug-likeness (QED) is 0.849. The van der Waals surface area contributed by atoms with Gasteiger partial charge in [-0.25, -0.2) is 4.98 Å². The molecule has 0 aliphatic heterocycles. The Hall–Kier alpha value is -2.11. The topological polar surface area (TPSA) is 77.2 Å². The second kappa shape index (κ2) is 6.36. The van der Waals surface area contributed by atoms with Gasteiger partial charge in [0.15, 0.2) is 0 Å². The molecule has 0 saturated heterocycles. The molecule has 0 spiro atoms. The molecule has 2 aromatic rings. The molecule has 0 atom stereocenters. The number of benzene rings is 1.